The number of aryl methyl sites for hydroxylation is 2. The minimum Gasteiger partial charge on any atom is -0.461 e. The van der Waals surface area contributed by atoms with Crippen molar-refractivity contribution in [2.45, 2.75) is 52.5 Å². The van der Waals surface area contributed by atoms with E-state index in [0.717, 1.165) is 40.0 Å². The first kappa shape index (κ1) is 19.4. The molecule has 1 aliphatic carbocycles. The molecule has 4 nitrogen and oxygen atoms in total. The zero-order chi connectivity index (χ0) is 20.2. The molecule has 0 amide bonds. The van der Waals surface area contributed by atoms with Gasteiger partial charge in [-0.2, -0.15) is 0 Å². The van der Waals surface area contributed by atoms with Gasteiger partial charge in [0.25, 0.3) is 0 Å². The Bertz CT molecular complexity index is 1070. The van der Waals surface area contributed by atoms with E-state index in [-0.39, 0.29) is 0 Å². The maximum absolute atomic E-state index is 5.37. The maximum atomic E-state index is 5.37. The van der Waals surface area contributed by atoms with E-state index < -0.39 is 0 Å². The van der Waals surface area contributed by atoms with Crippen LogP contribution in [-0.4, -0.2) is 16.9 Å². The molecule has 0 N–H and O–H groups in total. The van der Waals surface area contributed by atoms with Gasteiger partial charge in [0.1, 0.15) is 11.3 Å². The first-order valence-corrected chi connectivity index (χ1v) is 10.4. The average molecular weight is 389 g/mol. The van der Waals surface area contributed by atoms with Gasteiger partial charge >= 0.3 is 0 Å². The molecule has 150 valence electrons. The number of nitrogens with zero attached hydrogens (tertiary/aromatic N) is 2. The molecule has 7 rings (SSSR count). The minimum atomic E-state index is 0.718. The Morgan fingerprint density at radius 1 is 0.828 bits per heavy atom. The van der Waals surface area contributed by atoms with Crippen molar-refractivity contribution < 1.29 is 8.94 Å². The molecule has 3 aliphatic rings. The maximum Gasteiger partial charge on any atom is 0.167 e. The summed E-state index contributed by atoms with van der Waals surface area (Å²) >= 11 is 0. The Balaban J connectivity index is 0.000000106. The summed E-state index contributed by atoms with van der Waals surface area (Å²) in [6, 6.07) is 18.6. The molecule has 0 saturated heterocycles. The van der Waals surface area contributed by atoms with Gasteiger partial charge in [-0.25, -0.2) is 0 Å². The van der Waals surface area contributed by atoms with Crippen LogP contribution in [-0.2, 0) is 0 Å². The van der Waals surface area contributed by atoms with Gasteiger partial charge in [0.05, 0.1) is 5.69 Å². The number of benzene rings is 2. The van der Waals surface area contributed by atoms with Crippen molar-refractivity contribution in [3.05, 3.63) is 66.1 Å². The predicted molar refractivity (Wildman–Crippen MR) is 119 cm³/mol. The topological polar surface area (TPSA) is 51.5 Å². The second-order valence-electron chi connectivity index (χ2n) is 7.93. The van der Waals surface area contributed by atoms with Crippen LogP contribution in [0, 0.1) is 19.8 Å². The first-order valence-electron chi connectivity index (χ1n) is 10.4. The third-order valence-corrected chi connectivity index (χ3v) is 5.78. The molecule has 4 aromatic rings. The van der Waals surface area contributed by atoms with Crippen LogP contribution >= 0.6 is 0 Å². The minimum absolute atomic E-state index is 0.718. The highest BCUT2D eigenvalue weighted by Gasteiger charge is 2.27. The van der Waals surface area contributed by atoms with Gasteiger partial charge in [-0.05, 0) is 76.6 Å². The van der Waals surface area contributed by atoms with Gasteiger partial charge in [0, 0.05) is 22.5 Å². The lowest BCUT2D eigenvalue weighted by Gasteiger charge is -2.32. The molecule has 2 aromatic carbocycles. The van der Waals surface area contributed by atoms with Crippen molar-refractivity contribution in [2.24, 2.45) is 10.9 Å². The smallest absolute Gasteiger partial charge is 0.167 e. The molecule has 2 aromatic heterocycles. The van der Waals surface area contributed by atoms with E-state index >= 15 is 0 Å². The Kier molecular flexibility index (Phi) is 5.79. The molecule has 2 aliphatic heterocycles. The summed E-state index contributed by atoms with van der Waals surface area (Å²) in [5.74, 6) is 1.84. The molecular weight excluding hydrogens is 360 g/mol. The first-order chi connectivity index (χ1) is 14.1. The third kappa shape index (κ3) is 4.58. The summed E-state index contributed by atoms with van der Waals surface area (Å²) in [7, 11) is 0. The van der Waals surface area contributed by atoms with Crippen molar-refractivity contribution in [2.75, 3.05) is 0 Å². The predicted octanol–water partition coefficient (Wildman–Crippen LogP) is 6.90. The summed E-state index contributed by atoms with van der Waals surface area (Å²) in [5.41, 5.74) is 4.22. The SMILES string of the molecule is CC1=NC2CCC1CC2.Cc1cc2ccccc2o1.Cc1noc2ccccc12. The van der Waals surface area contributed by atoms with Crippen LogP contribution in [0.5, 0.6) is 0 Å². The van der Waals surface area contributed by atoms with Gasteiger partial charge < -0.3 is 8.94 Å². The summed E-state index contributed by atoms with van der Waals surface area (Å²) in [6.45, 7) is 6.09. The van der Waals surface area contributed by atoms with Gasteiger partial charge in [0.2, 0.25) is 0 Å². The molecular formula is C25H28N2O2. The van der Waals surface area contributed by atoms with Crippen molar-refractivity contribution in [1.82, 2.24) is 5.16 Å². The molecule has 1 fully saturated rings. The molecule has 0 unspecified atom stereocenters. The Hall–Kier alpha value is -2.88. The quantitative estimate of drug-likeness (QED) is 0.329. The lowest BCUT2D eigenvalue weighted by atomic mass is 9.80. The average Bonchev–Trinajstić information content (AvgIpc) is 3.32. The second kappa shape index (κ2) is 8.64. The summed E-state index contributed by atoms with van der Waals surface area (Å²) in [4.78, 5) is 4.57. The Labute approximate surface area is 171 Å². The largest absolute Gasteiger partial charge is 0.461 e. The molecule has 2 bridgehead atoms. The zero-order valence-corrected chi connectivity index (χ0v) is 17.4. The number of fused-ring (bicyclic) bond motifs is 4. The van der Waals surface area contributed by atoms with Crippen molar-refractivity contribution in [3.63, 3.8) is 0 Å². The van der Waals surface area contributed by atoms with Crippen LogP contribution in [0.4, 0.5) is 0 Å². The van der Waals surface area contributed by atoms with E-state index in [1.165, 1.54) is 36.8 Å². The van der Waals surface area contributed by atoms with E-state index in [4.69, 9.17) is 8.94 Å². The molecule has 4 heterocycles. The van der Waals surface area contributed by atoms with Crippen LogP contribution in [0.3, 0.4) is 0 Å². The number of hydrogen-bond acceptors (Lipinski definition) is 4. The highest BCUT2D eigenvalue weighted by atomic mass is 16.5. The van der Waals surface area contributed by atoms with Crippen molar-refractivity contribution in [3.8, 4) is 0 Å². The number of aromatic nitrogens is 1. The lowest BCUT2D eigenvalue weighted by Crippen LogP contribution is -2.29. The molecule has 0 atom stereocenters. The Morgan fingerprint density at radius 3 is 2.10 bits per heavy atom. The van der Waals surface area contributed by atoms with Gasteiger partial charge in [-0.3, -0.25) is 4.99 Å². The highest BCUT2D eigenvalue weighted by molar-refractivity contribution is 5.85. The lowest BCUT2D eigenvalue weighted by molar-refractivity contribution is 0.362. The number of furan rings is 1. The standard InChI is InChI=1S/C9H8O.C8H7NO.C8H13N/c1-7-6-8-4-2-3-5-9(8)10-7;1-6-7-4-2-3-5-8(7)10-9-6;1-6-7-2-4-8(9-6)5-3-7/h2-6H,1H3;2-5H,1H3;7-8H,2-5H2,1H3. The van der Waals surface area contributed by atoms with E-state index in [1.807, 2.05) is 68.4 Å². The van der Waals surface area contributed by atoms with E-state index in [2.05, 4.69) is 17.1 Å². The van der Waals surface area contributed by atoms with Crippen LogP contribution in [0.15, 0.2) is 68.5 Å². The van der Waals surface area contributed by atoms with Crippen LogP contribution in [0.1, 0.15) is 44.1 Å². The van der Waals surface area contributed by atoms with Gasteiger partial charge in [-0.15, -0.1) is 0 Å². The molecule has 4 heteroatoms. The summed E-state index contributed by atoms with van der Waals surface area (Å²) in [5, 5.41) is 6.10. The van der Waals surface area contributed by atoms with E-state index in [1.54, 1.807) is 0 Å². The fourth-order valence-electron chi connectivity index (χ4n) is 4.14. The highest BCUT2D eigenvalue weighted by Crippen LogP contribution is 2.32. The third-order valence-electron chi connectivity index (χ3n) is 5.78. The fraction of sp³-hybridized carbons (Fsp3) is 0.360. The van der Waals surface area contributed by atoms with E-state index in [0.29, 0.717) is 0 Å². The van der Waals surface area contributed by atoms with Crippen LogP contribution < -0.4 is 0 Å². The molecule has 0 spiro atoms. The van der Waals surface area contributed by atoms with E-state index in [9.17, 15) is 0 Å². The zero-order valence-electron chi connectivity index (χ0n) is 17.4. The van der Waals surface area contributed by atoms with Crippen LogP contribution in [0.2, 0.25) is 0 Å². The molecule has 1 saturated carbocycles. The molecule has 29 heavy (non-hydrogen) atoms. The number of rotatable bonds is 0. The molecule has 0 radical (unpaired) electrons. The van der Waals surface area contributed by atoms with Crippen molar-refractivity contribution >= 4 is 27.7 Å². The fourth-order valence-corrected chi connectivity index (χ4v) is 4.14. The van der Waals surface area contributed by atoms with Crippen LogP contribution in [0.25, 0.3) is 21.9 Å². The number of aliphatic imine (C=N–C) groups is 1. The van der Waals surface area contributed by atoms with Gasteiger partial charge in [-0.1, -0.05) is 35.5 Å². The second-order valence-corrected chi connectivity index (χ2v) is 7.93. The summed E-state index contributed by atoms with van der Waals surface area (Å²) < 4.78 is 10.4. The van der Waals surface area contributed by atoms with Crippen molar-refractivity contribution in [1.29, 1.82) is 0 Å². The Morgan fingerprint density at radius 2 is 1.52 bits per heavy atom. The monoisotopic (exact) mass is 388 g/mol. The number of hydrogen-bond donors (Lipinski definition) is 0. The van der Waals surface area contributed by atoms with Gasteiger partial charge in [0.15, 0.2) is 5.58 Å². The summed E-state index contributed by atoms with van der Waals surface area (Å²) in [6.07, 6.45) is 5.56. The number of para-hydroxylation sites is 2. The normalized spacial score (nSPS) is 19.9.